The molecule has 6 heteroatoms. The maximum Gasteiger partial charge on any atom is 0.126 e. The van der Waals surface area contributed by atoms with E-state index in [2.05, 4.69) is 6.42 Å². The molecule has 6 nitrogen and oxygen atoms in total. The maximum atomic E-state index is 9.83. The van der Waals surface area contributed by atoms with E-state index in [4.69, 9.17) is 0 Å². The van der Waals surface area contributed by atoms with Gasteiger partial charge < -0.3 is 30.6 Å². The molecule has 122 valence electrons. The molecule has 0 amide bonds. The summed E-state index contributed by atoms with van der Waals surface area (Å²) in [4.78, 5) is 0. The lowest BCUT2D eigenvalue weighted by Crippen LogP contribution is -1.98. The lowest BCUT2D eigenvalue weighted by atomic mass is 9.96. The van der Waals surface area contributed by atoms with Crippen molar-refractivity contribution < 1.29 is 30.6 Å². The lowest BCUT2D eigenvalue weighted by molar-refractivity contribution is 0.263. The van der Waals surface area contributed by atoms with Crippen LogP contribution in [0.2, 0.25) is 0 Å². The molecule has 0 aromatic heterocycles. The topological polar surface area (TPSA) is 121 Å². The van der Waals surface area contributed by atoms with Gasteiger partial charge in [-0.25, -0.2) is 0 Å². The summed E-state index contributed by atoms with van der Waals surface area (Å²) in [6.07, 6.45) is 2.99. The molecule has 23 heavy (non-hydrogen) atoms. The van der Waals surface area contributed by atoms with E-state index in [1.165, 1.54) is 24.3 Å². The highest BCUT2D eigenvalue weighted by Gasteiger charge is 2.13. The van der Waals surface area contributed by atoms with Crippen molar-refractivity contribution in [1.82, 2.24) is 0 Å². The maximum absolute atomic E-state index is 9.83. The Kier molecular flexibility index (Phi) is 5.57. The number of aliphatic hydroxyl groups excluding tert-OH is 4. The second-order valence-electron chi connectivity index (χ2n) is 5.04. The Morgan fingerprint density at radius 3 is 1.04 bits per heavy atom. The second-order valence-corrected chi connectivity index (χ2v) is 5.04. The molecule has 0 spiro atoms. The van der Waals surface area contributed by atoms with Crippen LogP contribution in [0.3, 0.4) is 0 Å². The second kappa shape index (κ2) is 7.43. The molecule has 0 heterocycles. The van der Waals surface area contributed by atoms with Crippen molar-refractivity contribution in [2.45, 2.75) is 26.4 Å². The van der Waals surface area contributed by atoms with Gasteiger partial charge in [0.1, 0.15) is 11.5 Å². The monoisotopic (exact) mass is 318 g/mol. The van der Waals surface area contributed by atoms with E-state index in [-0.39, 0.29) is 33.8 Å². The fraction of sp³-hybridized carbons (Fsp3) is 0.235. The van der Waals surface area contributed by atoms with Gasteiger partial charge in [-0.05, 0) is 35.4 Å². The fourth-order valence-electron chi connectivity index (χ4n) is 2.31. The van der Waals surface area contributed by atoms with Crippen LogP contribution in [0.25, 0.3) is 0 Å². The van der Waals surface area contributed by atoms with Gasteiger partial charge in [-0.1, -0.05) is 0 Å². The fourth-order valence-corrected chi connectivity index (χ4v) is 2.31. The zero-order chi connectivity index (χ0) is 17.0. The predicted octanol–water partition coefficient (Wildman–Crippen LogP) is 0.545. The molecular weight excluding hydrogens is 300 g/mol. The van der Waals surface area contributed by atoms with Crippen LogP contribution in [0.15, 0.2) is 24.3 Å². The lowest BCUT2D eigenvalue weighted by Gasteiger charge is -2.12. The Hall–Kier alpha value is -2.12. The van der Waals surface area contributed by atoms with E-state index in [1.54, 1.807) is 0 Å². The normalized spacial score (nSPS) is 11.0. The third-order valence-electron chi connectivity index (χ3n) is 3.51. The first-order valence-corrected chi connectivity index (χ1v) is 6.94. The minimum atomic E-state index is -0.395. The molecule has 2 rings (SSSR count). The Labute approximate surface area is 133 Å². The minimum Gasteiger partial charge on any atom is -0.507 e. The number of aromatic hydroxyl groups is 2. The number of hydrogen-bond donors (Lipinski definition) is 6. The number of rotatable bonds is 6. The van der Waals surface area contributed by atoms with Gasteiger partial charge in [-0.2, -0.15) is 0 Å². The molecule has 0 aliphatic carbocycles. The highest BCUT2D eigenvalue weighted by molar-refractivity contribution is 5.51. The third kappa shape index (κ3) is 3.62. The van der Waals surface area contributed by atoms with E-state index in [9.17, 15) is 30.6 Å². The average Bonchev–Trinajstić information content (AvgIpc) is 2.57. The zero-order valence-electron chi connectivity index (χ0n) is 12.3. The van der Waals surface area contributed by atoms with Crippen LogP contribution in [0.1, 0.15) is 33.4 Å². The van der Waals surface area contributed by atoms with Crippen LogP contribution in [-0.2, 0) is 26.4 Å². The van der Waals surface area contributed by atoms with E-state index >= 15 is 0 Å². The summed E-state index contributed by atoms with van der Waals surface area (Å²) in [6, 6.07) is 6.05. The first-order chi connectivity index (χ1) is 11.0. The molecule has 0 fully saturated rings. The molecule has 0 aliphatic heterocycles. The summed E-state index contributed by atoms with van der Waals surface area (Å²) in [5, 5.41) is 56.7. The summed E-state index contributed by atoms with van der Waals surface area (Å²) < 4.78 is 0. The Balaban J connectivity index is 2.43. The standard InChI is InChI=1S/C17H18O6/c18-6-12-2-10(3-13(7-19)16(12)22)1-11-4-14(8-20)17(23)15(5-11)9-21/h2-5,18-23H,6-9H2. The van der Waals surface area contributed by atoms with Crippen molar-refractivity contribution in [2.75, 3.05) is 0 Å². The molecule has 6 N–H and O–H groups in total. The van der Waals surface area contributed by atoms with Crippen molar-refractivity contribution >= 4 is 0 Å². The molecule has 2 aromatic rings. The van der Waals surface area contributed by atoms with Gasteiger partial charge in [-0.15, -0.1) is 0 Å². The number of phenols is 2. The van der Waals surface area contributed by atoms with Crippen LogP contribution in [0.5, 0.6) is 11.5 Å². The van der Waals surface area contributed by atoms with Gasteiger partial charge in [0.05, 0.1) is 32.8 Å². The van der Waals surface area contributed by atoms with Crippen molar-refractivity contribution in [3.8, 4) is 11.5 Å². The van der Waals surface area contributed by atoms with Crippen LogP contribution in [-0.4, -0.2) is 30.6 Å². The van der Waals surface area contributed by atoms with Crippen LogP contribution in [0, 0.1) is 6.42 Å². The van der Waals surface area contributed by atoms with Crippen molar-refractivity contribution in [3.05, 3.63) is 64.1 Å². The third-order valence-corrected chi connectivity index (χ3v) is 3.51. The SMILES string of the molecule is OCc1cc([C]c2cc(CO)c(O)c(CO)c2)cc(CO)c1O. The molecule has 0 atom stereocenters. The largest absolute Gasteiger partial charge is 0.507 e. The average molecular weight is 318 g/mol. The molecule has 0 unspecified atom stereocenters. The molecule has 0 saturated heterocycles. The van der Waals surface area contributed by atoms with Gasteiger partial charge in [0.2, 0.25) is 0 Å². The van der Waals surface area contributed by atoms with Gasteiger partial charge >= 0.3 is 0 Å². The number of aliphatic hydroxyl groups is 4. The number of benzene rings is 2. The Bertz CT molecular complexity index is 586. The first-order valence-electron chi connectivity index (χ1n) is 6.94. The molecule has 2 aromatic carbocycles. The van der Waals surface area contributed by atoms with Gasteiger partial charge in [0.15, 0.2) is 0 Å². The smallest absolute Gasteiger partial charge is 0.126 e. The molecular formula is C17H18O6. The summed E-state index contributed by atoms with van der Waals surface area (Å²) in [5.74, 6) is -0.336. The summed E-state index contributed by atoms with van der Waals surface area (Å²) in [6.45, 7) is -1.58. The molecule has 0 saturated carbocycles. The first kappa shape index (κ1) is 17.2. The highest BCUT2D eigenvalue weighted by Crippen LogP contribution is 2.30. The van der Waals surface area contributed by atoms with Gasteiger partial charge in [-0.3, -0.25) is 0 Å². The summed E-state index contributed by atoms with van der Waals surface area (Å²) in [7, 11) is 0. The van der Waals surface area contributed by atoms with E-state index < -0.39 is 26.4 Å². The highest BCUT2D eigenvalue weighted by atomic mass is 16.3. The van der Waals surface area contributed by atoms with Crippen molar-refractivity contribution in [2.24, 2.45) is 0 Å². The molecule has 0 aliphatic rings. The zero-order valence-corrected chi connectivity index (χ0v) is 12.3. The predicted molar refractivity (Wildman–Crippen MR) is 81.4 cm³/mol. The molecule has 2 radical (unpaired) electrons. The van der Waals surface area contributed by atoms with Crippen LogP contribution in [0.4, 0.5) is 0 Å². The van der Waals surface area contributed by atoms with E-state index in [1.807, 2.05) is 0 Å². The summed E-state index contributed by atoms with van der Waals surface area (Å²) in [5.41, 5.74) is 2.00. The molecule has 0 bridgehead atoms. The van der Waals surface area contributed by atoms with Crippen molar-refractivity contribution in [1.29, 1.82) is 0 Å². The minimum absolute atomic E-state index is 0.168. The van der Waals surface area contributed by atoms with Gasteiger partial charge in [0.25, 0.3) is 0 Å². The van der Waals surface area contributed by atoms with Crippen LogP contribution < -0.4 is 0 Å². The quantitative estimate of drug-likeness (QED) is 0.462. The number of hydrogen-bond acceptors (Lipinski definition) is 6. The van der Waals surface area contributed by atoms with Crippen LogP contribution >= 0.6 is 0 Å². The Morgan fingerprint density at radius 2 is 0.826 bits per heavy atom. The Morgan fingerprint density at radius 1 is 0.565 bits per heavy atom. The van der Waals surface area contributed by atoms with Crippen molar-refractivity contribution in [3.63, 3.8) is 0 Å². The van der Waals surface area contributed by atoms with E-state index in [0.717, 1.165) is 0 Å². The van der Waals surface area contributed by atoms with Gasteiger partial charge in [0, 0.05) is 22.3 Å². The summed E-state index contributed by atoms with van der Waals surface area (Å²) >= 11 is 0. The van der Waals surface area contributed by atoms with E-state index in [0.29, 0.717) is 11.1 Å².